The number of ether oxygens (including phenoxy) is 2. The van der Waals surface area contributed by atoms with Crippen LogP contribution in [0.3, 0.4) is 0 Å². The molecule has 3 amide bonds. The summed E-state index contributed by atoms with van der Waals surface area (Å²) >= 11 is 0. The van der Waals surface area contributed by atoms with Crippen LogP contribution in [0.1, 0.15) is 71.6 Å². The van der Waals surface area contributed by atoms with Gasteiger partial charge in [0, 0.05) is 25.7 Å². The predicted octanol–water partition coefficient (Wildman–Crippen LogP) is 2.32. The number of fused-ring (bicyclic) bond motifs is 1. The fourth-order valence-corrected chi connectivity index (χ4v) is 7.39. The molecule has 5 rings (SSSR count). The zero-order valence-corrected chi connectivity index (χ0v) is 21.4. The van der Waals surface area contributed by atoms with E-state index in [2.05, 4.69) is 17.6 Å². The third-order valence-corrected chi connectivity index (χ3v) is 9.25. The molecule has 8 nitrogen and oxygen atoms in total. The minimum atomic E-state index is -1.13. The average molecular weight is 488 g/mol. The summed E-state index contributed by atoms with van der Waals surface area (Å²) in [7, 11) is 1.58. The van der Waals surface area contributed by atoms with E-state index in [4.69, 9.17) is 9.47 Å². The van der Waals surface area contributed by atoms with Gasteiger partial charge in [-0.15, -0.1) is 0 Å². The van der Waals surface area contributed by atoms with E-state index in [0.29, 0.717) is 12.5 Å². The maximum Gasteiger partial charge on any atom is 0.246 e. The molecule has 4 fully saturated rings. The van der Waals surface area contributed by atoms with Crippen molar-refractivity contribution < 1.29 is 23.9 Å². The van der Waals surface area contributed by atoms with Crippen LogP contribution in [0.5, 0.6) is 0 Å². The van der Waals surface area contributed by atoms with E-state index >= 15 is 0 Å². The first-order chi connectivity index (χ1) is 16.8. The Morgan fingerprint density at radius 1 is 1.06 bits per heavy atom. The summed E-state index contributed by atoms with van der Waals surface area (Å²) in [5, 5.41) is 6.49. The Morgan fingerprint density at radius 3 is 2.49 bits per heavy atom. The molecule has 2 N–H and O–H groups in total. The number of amides is 3. The summed E-state index contributed by atoms with van der Waals surface area (Å²) in [6.07, 6.45) is 13.5. The smallest absolute Gasteiger partial charge is 0.246 e. The zero-order valence-electron chi connectivity index (χ0n) is 21.4. The summed E-state index contributed by atoms with van der Waals surface area (Å²) < 4.78 is 11.9. The molecule has 8 heteroatoms. The lowest BCUT2D eigenvalue weighted by atomic mass is 9.70. The van der Waals surface area contributed by atoms with Crippen molar-refractivity contribution >= 4 is 17.7 Å². The van der Waals surface area contributed by atoms with Crippen LogP contribution in [0.4, 0.5) is 0 Å². The Morgan fingerprint density at radius 2 is 1.77 bits per heavy atom. The van der Waals surface area contributed by atoms with Gasteiger partial charge in [-0.1, -0.05) is 51.2 Å². The molecular weight excluding hydrogens is 446 g/mol. The Balaban J connectivity index is 1.43. The molecule has 2 aliphatic carbocycles. The molecule has 0 radical (unpaired) electrons. The van der Waals surface area contributed by atoms with Gasteiger partial charge in [0.05, 0.1) is 24.0 Å². The van der Waals surface area contributed by atoms with Gasteiger partial charge in [-0.3, -0.25) is 14.4 Å². The standard InChI is InChI=1S/C27H41N3O5/c1-17-9-7-8-12-19(17)29-23(31)20-21-25(33)30(15-16-34-3)22(27(21)14-13-26(20,2)35-27)24(32)28-18-10-5-4-6-11-18/h13-14,17-22H,4-12,15-16H2,1-3H3,(H,28,32)(H,29,31)/t17-,19+,20+,21-,22-,26+,27-/m1/s1. The number of carbonyl (C=O) groups excluding carboxylic acids is 3. The van der Waals surface area contributed by atoms with Crippen LogP contribution in [0.2, 0.25) is 0 Å². The summed E-state index contributed by atoms with van der Waals surface area (Å²) in [6.45, 7) is 4.68. The maximum atomic E-state index is 13.9. The van der Waals surface area contributed by atoms with Crippen molar-refractivity contribution in [2.75, 3.05) is 20.3 Å². The number of nitrogens with one attached hydrogen (secondary N) is 2. The van der Waals surface area contributed by atoms with Crippen molar-refractivity contribution in [3.8, 4) is 0 Å². The van der Waals surface area contributed by atoms with Gasteiger partial charge >= 0.3 is 0 Å². The molecule has 0 aromatic heterocycles. The van der Waals surface area contributed by atoms with E-state index in [1.54, 1.807) is 12.0 Å². The number of carbonyl (C=O) groups is 3. The largest absolute Gasteiger partial charge is 0.383 e. The van der Waals surface area contributed by atoms with Crippen molar-refractivity contribution in [1.29, 1.82) is 0 Å². The third-order valence-electron chi connectivity index (χ3n) is 9.25. The molecular formula is C27H41N3O5. The number of nitrogens with zero attached hydrogens (tertiary/aromatic N) is 1. The van der Waals surface area contributed by atoms with E-state index in [-0.39, 0.29) is 36.3 Å². The molecule has 3 aliphatic heterocycles. The Bertz CT molecular complexity index is 886. The third kappa shape index (κ3) is 4.10. The van der Waals surface area contributed by atoms with Gasteiger partial charge in [0.15, 0.2) is 0 Å². The van der Waals surface area contributed by atoms with E-state index in [9.17, 15) is 14.4 Å². The van der Waals surface area contributed by atoms with Crippen LogP contribution in [-0.4, -0.2) is 72.2 Å². The summed E-state index contributed by atoms with van der Waals surface area (Å²) in [5.74, 6) is -1.45. The lowest BCUT2D eigenvalue weighted by Crippen LogP contribution is -2.57. The molecule has 5 aliphatic rings. The first kappa shape index (κ1) is 24.8. The van der Waals surface area contributed by atoms with Gasteiger partial charge in [-0.2, -0.15) is 0 Å². The normalized spacial score (nSPS) is 40.7. The summed E-state index contributed by atoms with van der Waals surface area (Å²) in [5.41, 5.74) is -2.03. The molecule has 2 saturated carbocycles. The second-order valence-corrected chi connectivity index (χ2v) is 11.6. The lowest BCUT2D eigenvalue weighted by molar-refractivity contribution is -0.146. The number of hydrogen-bond donors (Lipinski definition) is 2. The fraction of sp³-hybridized carbons (Fsp3) is 0.815. The number of rotatable bonds is 7. The molecule has 194 valence electrons. The van der Waals surface area contributed by atoms with Gasteiger partial charge in [0.1, 0.15) is 11.6 Å². The van der Waals surface area contributed by atoms with Gasteiger partial charge in [0.2, 0.25) is 17.7 Å². The highest BCUT2D eigenvalue weighted by Gasteiger charge is 2.76. The lowest BCUT2D eigenvalue weighted by Gasteiger charge is -2.35. The highest BCUT2D eigenvalue weighted by Crippen LogP contribution is 2.59. The van der Waals surface area contributed by atoms with Crippen LogP contribution in [0, 0.1) is 17.8 Å². The number of likely N-dealkylation sites (tertiary alicyclic amines) is 1. The van der Waals surface area contributed by atoms with Gasteiger partial charge < -0.3 is 25.0 Å². The minimum Gasteiger partial charge on any atom is -0.383 e. The Hall–Kier alpha value is -1.93. The number of hydrogen-bond acceptors (Lipinski definition) is 5. The molecule has 2 saturated heterocycles. The monoisotopic (exact) mass is 487 g/mol. The van der Waals surface area contributed by atoms with E-state index in [1.807, 2.05) is 19.1 Å². The summed E-state index contributed by atoms with van der Waals surface area (Å²) in [6, 6.07) is -0.567. The van der Waals surface area contributed by atoms with Crippen molar-refractivity contribution in [3.05, 3.63) is 12.2 Å². The first-order valence-electron chi connectivity index (χ1n) is 13.6. The molecule has 0 unspecified atom stereocenters. The van der Waals surface area contributed by atoms with Crippen LogP contribution >= 0.6 is 0 Å². The fourth-order valence-electron chi connectivity index (χ4n) is 7.39. The molecule has 3 heterocycles. The van der Waals surface area contributed by atoms with Gasteiger partial charge in [-0.25, -0.2) is 0 Å². The van der Waals surface area contributed by atoms with Crippen molar-refractivity contribution in [2.45, 2.75) is 101 Å². The van der Waals surface area contributed by atoms with Crippen molar-refractivity contribution in [2.24, 2.45) is 17.8 Å². The second-order valence-electron chi connectivity index (χ2n) is 11.6. The maximum absolute atomic E-state index is 13.9. The topological polar surface area (TPSA) is 97.0 Å². The van der Waals surface area contributed by atoms with Crippen molar-refractivity contribution in [1.82, 2.24) is 15.5 Å². The van der Waals surface area contributed by atoms with E-state index in [1.165, 1.54) is 12.8 Å². The number of methoxy groups -OCH3 is 1. The molecule has 35 heavy (non-hydrogen) atoms. The van der Waals surface area contributed by atoms with Crippen LogP contribution in [-0.2, 0) is 23.9 Å². The molecule has 7 atom stereocenters. The van der Waals surface area contributed by atoms with Crippen LogP contribution in [0.25, 0.3) is 0 Å². The Labute approximate surface area is 208 Å². The quantitative estimate of drug-likeness (QED) is 0.537. The van der Waals surface area contributed by atoms with Gasteiger partial charge in [-0.05, 0) is 38.5 Å². The van der Waals surface area contributed by atoms with E-state index in [0.717, 1.165) is 44.9 Å². The van der Waals surface area contributed by atoms with Crippen LogP contribution in [0.15, 0.2) is 12.2 Å². The van der Waals surface area contributed by atoms with Crippen LogP contribution < -0.4 is 10.6 Å². The Kier molecular flexibility index (Phi) is 6.72. The van der Waals surface area contributed by atoms with E-state index < -0.39 is 29.1 Å². The second kappa shape index (κ2) is 9.51. The molecule has 0 aromatic carbocycles. The molecule has 1 spiro atoms. The van der Waals surface area contributed by atoms with Crippen molar-refractivity contribution in [3.63, 3.8) is 0 Å². The molecule has 0 aromatic rings. The minimum absolute atomic E-state index is 0.116. The first-order valence-corrected chi connectivity index (χ1v) is 13.6. The molecule has 2 bridgehead atoms. The highest BCUT2D eigenvalue weighted by molar-refractivity contribution is 6.00. The van der Waals surface area contributed by atoms with Gasteiger partial charge in [0.25, 0.3) is 0 Å². The summed E-state index contributed by atoms with van der Waals surface area (Å²) in [4.78, 5) is 43.0. The highest BCUT2D eigenvalue weighted by atomic mass is 16.5. The predicted molar refractivity (Wildman–Crippen MR) is 130 cm³/mol. The zero-order chi connectivity index (χ0) is 24.8. The SMILES string of the molecule is COCCN1C(=O)[C@H]2[C@@H](C(=O)N[C@H]3CCCC[C@H]3C)[C@]3(C)C=C[C@]2(O3)[C@H]1C(=O)NC1CCCCC1. The average Bonchev–Trinajstić information content (AvgIpc) is 3.40.